The van der Waals surface area contributed by atoms with Crippen molar-refractivity contribution >= 4 is 9.84 Å². The van der Waals surface area contributed by atoms with Crippen LogP contribution in [0.3, 0.4) is 0 Å². The van der Waals surface area contributed by atoms with Gasteiger partial charge in [-0.05, 0) is 31.7 Å². The lowest BCUT2D eigenvalue weighted by atomic mass is 10.0. The number of nitrogens with two attached hydrogens (primary N) is 1. The number of nitrogens with zero attached hydrogens (tertiary/aromatic N) is 2. The fourth-order valence-corrected chi connectivity index (χ4v) is 5.25. The Balaban J connectivity index is 2.04. The Labute approximate surface area is 127 Å². The van der Waals surface area contributed by atoms with Gasteiger partial charge in [-0.2, -0.15) is 5.10 Å². The fraction of sp³-hybridized carbons (Fsp3) is 0.800. The maximum Gasteiger partial charge on any atom is 0.154 e. The van der Waals surface area contributed by atoms with Crippen LogP contribution in [0.15, 0.2) is 12.3 Å². The van der Waals surface area contributed by atoms with Gasteiger partial charge in [-0.1, -0.05) is 20.3 Å². The number of aromatic nitrogens is 2. The summed E-state index contributed by atoms with van der Waals surface area (Å²) >= 11 is 0. The molecular formula is C15H27N3O2S. The fourth-order valence-electron chi connectivity index (χ4n) is 3.19. The van der Waals surface area contributed by atoms with E-state index in [0.717, 1.165) is 31.4 Å². The molecule has 2 unspecified atom stereocenters. The van der Waals surface area contributed by atoms with Crippen molar-refractivity contribution in [3.05, 3.63) is 18.0 Å². The Bertz CT molecular complexity index is 549. The Kier molecular flexibility index (Phi) is 5.43. The molecule has 0 aliphatic carbocycles. The number of rotatable bonds is 6. The van der Waals surface area contributed by atoms with Crippen molar-refractivity contribution in [1.82, 2.24) is 9.78 Å². The standard InChI is InChI=1S/C15H27N3O2S/c1-3-13(4-2)18-9-8-12(17-18)11-14(16)15-7-5-6-10-21(15,19)20/h8-9,13-15H,3-7,10-11,16H2,1-2H3. The van der Waals surface area contributed by atoms with Gasteiger partial charge < -0.3 is 5.73 Å². The Morgan fingerprint density at radius 1 is 1.38 bits per heavy atom. The van der Waals surface area contributed by atoms with Gasteiger partial charge in [-0.3, -0.25) is 4.68 Å². The molecule has 2 rings (SSSR count). The summed E-state index contributed by atoms with van der Waals surface area (Å²) in [5, 5.41) is 4.18. The van der Waals surface area contributed by atoms with Gasteiger partial charge in [0.25, 0.3) is 0 Å². The van der Waals surface area contributed by atoms with Crippen molar-refractivity contribution in [2.75, 3.05) is 5.75 Å². The second-order valence-electron chi connectivity index (χ2n) is 6.03. The van der Waals surface area contributed by atoms with Crippen LogP contribution < -0.4 is 5.73 Å². The quantitative estimate of drug-likeness (QED) is 0.872. The first-order valence-electron chi connectivity index (χ1n) is 7.99. The van der Waals surface area contributed by atoms with Gasteiger partial charge in [0.2, 0.25) is 0 Å². The molecule has 2 N–H and O–H groups in total. The maximum atomic E-state index is 12.1. The molecule has 0 aromatic carbocycles. The van der Waals surface area contributed by atoms with E-state index in [1.165, 1.54) is 0 Å². The number of hydrogen-bond donors (Lipinski definition) is 1. The minimum atomic E-state index is -3.02. The Morgan fingerprint density at radius 2 is 2.10 bits per heavy atom. The summed E-state index contributed by atoms with van der Waals surface area (Å²) in [5.74, 6) is 0.285. The molecule has 0 spiro atoms. The predicted molar refractivity (Wildman–Crippen MR) is 85.0 cm³/mol. The van der Waals surface area contributed by atoms with Crippen LogP contribution in [0, 0.1) is 0 Å². The summed E-state index contributed by atoms with van der Waals surface area (Å²) in [6, 6.07) is 2.03. The monoisotopic (exact) mass is 313 g/mol. The molecule has 2 atom stereocenters. The second kappa shape index (κ2) is 6.92. The zero-order valence-corrected chi connectivity index (χ0v) is 13.8. The highest BCUT2D eigenvalue weighted by molar-refractivity contribution is 7.92. The molecule has 1 aliphatic heterocycles. The lowest BCUT2D eigenvalue weighted by Crippen LogP contribution is -2.45. The highest BCUT2D eigenvalue weighted by Gasteiger charge is 2.33. The molecule has 5 nitrogen and oxygen atoms in total. The van der Waals surface area contributed by atoms with Gasteiger partial charge >= 0.3 is 0 Å². The molecule has 21 heavy (non-hydrogen) atoms. The van der Waals surface area contributed by atoms with Crippen molar-refractivity contribution < 1.29 is 8.42 Å². The zero-order chi connectivity index (χ0) is 15.5. The van der Waals surface area contributed by atoms with Gasteiger partial charge in [-0.25, -0.2) is 8.42 Å². The van der Waals surface area contributed by atoms with E-state index in [0.29, 0.717) is 18.9 Å². The van der Waals surface area contributed by atoms with Crippen LogP contribution in [-0.4, -0.2) is 35.2 Å². The lowest BCUT2D eigenvalue weighted by molar-refractivity contribution is 0.422. The molecule has 1 fully saturated rings. The second-order valence-corrected chi connectivity index (χ2v) is 8.37. The summed E-state index contributed by atoms with van der Waals surface area (Å²) < 4.78 is 26.2. The van der Waals surface area contributed by atoms with E-state index in [4.69, 9.17) is 5.73 Å². The van der Waals surface area contributed by atoms with E-state index in [2.05, 4.69) is 18.9 Å². The third-order valence-corrected chi connectivity index (χ3v) is 6.90. The summed E-state index contributed by atoms with van der Waals surface area (Å²) in [5.41, 5.74) is 7.08. The topological polar surface area (TPSA) is 78.0 Å². The number of sulfone groups is 1. The maximum absolute atomic E-state index is 12.1. The molecule has 0 bridgehead atoms. The van der Waals surface area contributed by atoms with Crippen molar-refractivity contribution in [2.24, 2.45) is 5.73 Å². The summed E-state index contributed by atoms with van der Waals surface area (Å²) in [6.07, 6.45) is 7.03. The number of hydrogen-bond acceptors (Lipinski definition) is 4. The molecule has 1 aromatic heterocycles. The van der Waals surface area contributed by atoms with E-state index in [-0.39, 0.29) is 11.8 Å². The molecule has 1 aliphatic rings. The van der Waals surface area contributed by atoms with E-state index in [9.17, 15) is 8.42 Å². The molecule has 1 aromatic rings. The largest absolute Gasteiger partial charge is 0.326 e. The molecular weight excluding hydrogens is 286 g/mol. The molecule has 0 saturated carbocycles. The highest BCUT2D eigenvalue weighted by Crippen LogP contribution is 2.23. The Morgan fingerprint density at radius 3 is 2.71 bits per heavy atom. The van der Waals surface area contributed by atoms with Gasteiger partial charge in [0.05, 0.1) is 22.7 Å². The van der Waals surface area contributed by atoms with Crippen LogP contribution >= 0.6 is 0 Å². The minimum absolute atomic E-state index is 0.285. The van der Waals surface area contributed by atoms with E-state index in [1.54, 1.807) is 0 Å². The molecule has 6 heteroatoms. The van der Waals surface area contributed by atoms with Crippen LogP contribution in [0.2, 0.25) is 0 Å². The summed E-state index contributed by atoms with van der Waals surface area (Å²) in [7, 11) is -3.02. The smallest absolute Gasteiger partial charge is 0.154 e. The van der Waals surface area contributed by atoms with Crippen molar-refractivity contribution in [2.45, 2.75) is 69.7 Å². The van der Waals surface area contributed by atoms with Crippen molar-refractivity contribution in [3.63, 3.8) is 0 Å². The van der Waals surface area contributed by atoms with Crippen molar-refractivity contribution in [1.29, 1.82) is 0 Å². The zero-order valence-electron chi connectivity index (χ0n) is 13.0. The predicted octanol–water partition coefficient (Wildman–Crippen LogP) is 2.08. The highest BCUT2D eigenvalue weighted by atomic mass is 32.2. The molecule has 2 heterocycles. The van der Waals surface area contributed by atoms with Crippen LogP contribution in [-0.2, 0) is 16.3 Å². The summed E-state index contributed by atoms with van der Waals surface area (Å²) in [6.45, 7) is 4.30. The van der Waals surface area contributed by atoms with Crippen LogP contribution in [0.1, 0.15) is 57.7 Å². The van der Waals surface area contributed by atoms with Crippen molar-refractivity contribution in [3.8, 4) is 0 Å². The SMILES string of the molecule is CCC(CC)n1ccc(CC(N)C2CCCCS2(=O)=O)n1. The minimum Gasteiger partial charge on any atom is -0.326 e. The van der Waals surface area contributed by atoms with Gasteiger partial charge in [0.1, 0.15) is 0 Å². The first kappa shape index (κ1) is 16.5. The molecule has 1 saturated heterocycles. The van der Waals surface area contributed by atoms with Crippen LogP contribution in [0.25, 0.3) is 0 Å². The lowest BCUT2D eigenvalue weighted by Gasteiger charge is -2.27. The molecule has 0 radical (unpaired) electrons. The van der Waals surface area contributed by atoms with Gasteiger partial charge in [0.15, 0.2) is 9.84 Å². The van der Waals surface area contributed by atoms with E-state index < -0.39 is 15.1 Å². The third kappa shape index (κ3) is 3.86. The first-order chi connectivity index (χ1) is 9.97. The van der Waals surface area contributed by atoms with E-state index in [1.807, 2.05) is 16.9 Å². The van der Waals surface area contributed by atoms with Gasteiger partial charge in [0, 0.05) is 18.7 Å². The average molecular weight is 313 g/mol. The van der Waals surface area contributed by atoms with Crippen LogP contribution in [0.4, 0.5) is 0 Å². The molecule has 120 valence electrons. The molecule has 0 amide bonds. The Hall–Kier alpha value is -0.880. The summed E-state index contributed by atoms with van der Waals surface area (Å²) in [4.78, 5) is 0. The normalized spacial score (nSPS) is 23.3. The van der Waals surface area contributed by atoms with Gasteiger partial charge in [-0.15, -0.1) is 0 Å². The first-order valence-corrected chi connectivity index (χ1v) is 9.70. The van der Waals surface area contributed by atoms with Crippen LogP contribution in [0.5, 0.6) is 0 Å². The third-order valence-electron chi connectivity index (χ3n) is 4.53. The van der Waals surface area contributed by atoms with E-state index >= 15 is 0 Å². The average Bonchev–Trinajstić information content (AvgIpc) is 2.88.